The third-order valence-electron chi connectivity index (χ3n) is 3.74. The molecule has 6 heteroatoms. The molecule has 0 atom stereocenters. The Hall–Kier alpha value is -2.79. The summed E-state index contributed by atoms with van der Waals surface area (Å²) in [6, 6.07) is 11.5. The van der Waals surface area contributed by atoms with E-state index >= 15 is 0 Å². The Bertz CT molecular complexity index is 1000. The third-order valence-corrected chi connectivity index (χ3v) is 3.97. The number of imidazole rings is 1. The summed E-state index contributed by atoms with van der Waals surface area (Å²) in [5.74, 6) is -0.398. The van der Waals surface area contributed by atoms with Crippen molar-refractivity contribution < 1.29 is 9.90 Å². The zero-order valence-corrected chi connectivity index (χ0v) is 11.9. The van der Waals surface area contributed by atoms with Gasteiger partial charge >= 0.3 is 5.69 Å². The molecule has 1 aliphatic rings. The number of halogens is 1. The van der Waals surface area contributed by atoms with E-state index in [-0.39, 0.29) is 11.7 Å². The van der Waals surface area contributed by atoms with E-state index in [9.17, 15) is 14.7 Å². The van der Waals surface area contributed by atoms with Gasteiger partial charge in [-0.3, -0.25) is 4.79 Å². The molecule has 3 aromatic rings. The Kier molecular flexibility index (Phi) is 2.55. The van der Waals surface area contributed by atoms with Crippen molar-refractivity contribution in [3.05, 3.63) is 63.5 Å². The number of aromatic amines is 1. The van der Waals surface area contributed by atoms with Crippen LogP contribution in [0.2, 0.25) is 5.02 Å². The van der Waals surface area contributed by atoms with Gasteiger partial charge < -0.3 is 10.1 Å². The quantitative estimate of drug-likeness (QED) is 0.567. The summed E-state index contributed by atoms with van der Waals surface area (Å²) in [6.07, 6.45) is 0. The number of fused-ring (bicyclic) bond motifs is 3. The Morgan fingerprint density at radius 1 is 1.00 bits per heavy atom. The Balaban J connectivity index is 2.10. The first-order chi connectivity index (χ1) is 10.6. The molecule has 0 fully saturated rings. The lowest BCUT2D eigenvalue weighted by molar-refractivity contribution is 0.0965. The predicted molar refractivity (Wildman–Crippen MR) is 82.3 cm³/mol. The molecule has 2 N–H and O–H groups in total. The number of aromatic hydroxyl groups is 1. The minimum absolute atomic E-state index is 0.0223. The van der Waals surface area contributed by atoms with Crippen molar-refractivity contribution in [2.75, 3.05) is 0 Å². The first-order valence-electron chi connectivity index (χ1n) is 6.56. The lowest BCUT2D eigenvalue weighted by Gasteiger charge is -2.05. The van der Waals surface area contributed by atoms with E-state index in [1.165, 1.54) is 6.07 Å². The van der Waals surface area contributed by atoms with E-state index in [0.717, 1.165) is 4.57 Å². The van der Waals surface area contributed by atoms with E-state index in [4.69, 9.17) is 11.6 Å². The maximum atomic E-state index is 12.4. The van der Waals surface area contributed by atoms with Gasteiger partial charge in [0.25, 0.3) is 5.91 Å². The van der Waals surface area contributed by atoms with Gasteiger partial charge in [-0.15, -0.1) is 0 Å². The number of hydrogen-bond donors (Lipinski definition) is 2. The molecule has 4 rings (SSSR count). The summed E-state index contributed by atoms with van der Waals surface area (Å²) in [7, 11) is 0. The number of hydrogen-bond acceptors (Lipinski definition) is 3. The number of nitrogens with one attached hydrogen (secondary N) is 1. The average molecular weight is 313 g/mol. The van der Waals surface area contributed by atoms with Gasteiger partial charge in [0.15, 0.2) is 0 Å². The van der Waals surface area contributed by atoms with Gasteiger partial charge in [-0.05, 0) is 24.3 Å². The number of nitrogens with zero attached hydrogens (tertiary/aromatic N) is 1. The number of benzene rings is 2. The average Bonchev–Trinajstić information content (AvgIpc) is 3.00. The van der Waals surface area contributed by atoms with Crippen LogP contribution in [0.4, 0.5) is 0 Å². The van der Waals surface area contributed by atoms with Gasteiger partial charge in [0.2, 0.25) is 0 Å². The molecular weight excluding hydrogens is 304 g/mol. The summed E-state index contributed by atoms with van der Waals surface area (Å²) >= 11 is 5.98. The molecule has 0 aliphatic carbocycles. The number of carbonyl (C=O) groups excluding carboxylic acids is 1. The highest BCUT2D eigenvalue weighted by molar-refractivity contribution is 6.31. The molecule has 5 nitrogen and oxygen atoms in total. The largest absolute Gasteiger partial charge is 0.507 e. The predicted octanol–water partition coefficient (Wildman–Crippen LogP) is 2.87. The fraction of sp³-hybridized carbons (Fsp3) is 0. The second kappa shape index (κ2) is 4.35. The Morgan fingerprint density at radius 3 is 2.50 bits per heavy atom. The Morgan fingerprint density at radius 2 is 1.73 bits per heavy atom. The summed E-state index contributed by atoms with van der Waals surface area (Å²) in [4.78, 5) is 27.2. The van der Waals surface area contributed by atoms with Crippen LogP contribution in [0.5, 0.6) is 5.75 Å². The van der Waals surface area contributed by atoms with Crippen molar-refractivity contribution in [3.8, 4) is 28.3 Å². The van der Waals surface area contributed by atoms with Crippen LogP contribution in [0.1, 0.15) is 10.4 Å². The molecule has 1 aromatic heterocycles. The summed E-state index contributed by atoms with van der Waals surface area (Å²) in [5, 5.41) is 10.5. The van der Waals surface area contributed by atoms with Gasteiger partial charge in [0.1, 0.15) is 5.75 Å². The monoisotopic (exact) mass is 312 g/mol. The number of phenolic OH excluding ortho intramolecular Hbond substituents is 1. The highest BCUT2D eigenvalue weighted by Crippen LogP contribution is 2.40. The molecule has 0 unspecified atom stereocenters. The first kappa shape index (κ1) is 12.9. The molecule has 22 heavy (non-hydrogen) atoms. The van der Waals surface area contributed by atoms with Gasteiger partial charge in [0, 0.05) is 21.7 Å². The number of aromatic nitrogens is 2. The number of phenols is 1. The molecule has 2 heterocycles. The molecule has 0 saturated heterocycles. The van der Waals surface area contributed by atoms with Crippen molar-refractivity contribution in [2.45, 2.75) is 0 Å². The van der Waals surface area contributed by atoms with E-state index in [0.29, 0.717) is 33.1 Å². The second-order valence-electron chi connectivity index (χ2n) is 5.00. The highest BCUT2D eigenvalue weighted by Gasteiger charge is 2.32. The lowest BCUT2D eigenvalue weighted by Crippen LogP contribution is -2.21. The van der Waals surface area contributed by atoms with Gasteiger partial charge in [-0.1, -0.05) is 29.8 Å². The van der Waals surface area contributed by atoms with Crippen LogP contribution < -0.4 is 5.69 Å². The minimum Gasteiger partial charge on any atom is -0.507 e. The highest BCUT2D eigenvalue weighted by atomic mass is 35.5. The molecule has 1 aliphatic heterocycles. The van der Waals surface area contributed by atoms with Crippen molar-refractivity contribution >= 4 is 17.5 Å². The van der Waals surface area contributed by atoms with Crippen LogP contribution >= 0.6 is 11.6 Å². The topological polar surface area (TPSA) is 75.1 Å². The van der Waals surface area contributed by atoms with Crippen LogP contribution in [-0.2, 0) is 0 Å². The summed E-state index contributed by atoms with van der Waals surface area (Å²) < 4.78 is 1.08. The lowest BCUT2D eigenvalue weighted by atomic mass is 10.0. The van der Waals surface area contributed by atoms with Crippen LogP contribution in [0.3, 0.4) is 0 Å². The maximum absolute atomic E-state index is 12.4. The van der Waals surface area contributed by atoms with E-state index in [1.807, 2.05) is 0 Å². The van der Waals surface area contributed by atoms with Crippen LogP contribution in [-0.4, -0.2) is 20.6 Å². The van der Waals surface area contributed by atoms with Gasteiger partial charge in [-0.2, -0.15) is 0 Å². The van der Waals surface area contributed by atoms with Crippen LogP contribution in [0.25, 0.3) is 22.5 Å². The smallest absolute Gasteiger partial charge is 0.333 e. The van der Waals surface area contributed by atoms with E-state index < -0.39 is 5.69 Å². The van der Waals surface area contributed by atoms with Crippen molar-refractivity contribution in [1.82, 2.24) is 9.55 Å². The third kappa shape index (κ3) is 1.60. The fourth-order valence-corrected chi connectivity index (χ4v) is 2.96. The fourth-order valence-electron chi connectivity index (χ4n) is 2.78. The van der Waals surface area contributed by atoms with Crippen molar-refractivity contribution in [3.63, 3.8) is 0 Å². The van der Waals surface area contributed by atoms with Crippen molar-refractivity contribution in [2.24, 2.45) is 0 Å². The molecule has 0 bridgehead atoms. The molecule has 0 saturated carbocycles. The van der Waals surface area contributed by atoms with E-state index in [2.05, 4.69) is 4.98 Å². The number of rotatable bonds is 1. The number of H-pyrrole nitrogens is 1. The second-order valence-corrected chi connectivity index (χ2v) is 5.44. The molecule has 108 valence electrons. The maximum Gasteiger partial charge on any atom is 0.333 e. The first-order valence-corrected chi connectivity index (χ1v) is 6.94. The molecule has 2 aromatic carbocycles. The zero-order valence-electron chi connectivity index (χ0n) is 11.1. The van der Waals surface area contributed by atoms with Gasteiger partial charge in [-0.25, -0.2) is 9.36 Å². The summed E-state index contributed by atoms with van der Waals surface area (Å²) in [6.45, 7) is 0. The van der Waals surface area contributed by atoms with Gasteiger partial charge in [0.05, 0.1) is 11.4 Å². The Labute approximate surface area is 129 Å². The standard InChI is InChI=1S/C16H9ClN2O3/c17-8-5-6-12(20)11(7-8)13-14-9-3-1-2-4-10(9)15(21)19(14)16(22)18-13/h1-7,20H,(H,18,22). The SMILES string of the molecule is O=C1c2ccccc2-c2c(-c3cc(Cl)ccc3O)[nH]c(=O)n21. The molecule has 0 amide bonds. The number of carbonyl (C=O) groups is 1. The normalized spacial score (nSPS) is 12.3. The minimum atomic E-state index is -0.537. The summed E-state index contributed by atoms with van der Waals surface area (Å²) in [5.41, 5.74) is 1.78. The van der Waals surface area contributed by atoms with Crippen molar-refractivity contribution in [1.29, 1.82) is 0 Å². The van der Waals surface area contributed by atoms with Crippen LogP contribution in [0.15, 0.2) is 47.3 Å². The molecule has 0 spiro atoms. The zero-order chi connectivity index (χ0) is 15.4. The van der Waals surface area contributed by atoms with Crippen LogP contribution in [0, 0.1) is 0 Å². The molecular formula is C16H9ClN2O3. The van der Waals surface area contributed by atoms with E-state index in [1.54, 1.807) is 36.4 Å². The molecule has 0 radical (unpaired) electrons.